The molecule has 3 N–H and O–H groups in total. The van der Waals surface area contributed by atoms with Gasteiger partial charge in [0, 0.05) is 31.4 Å². The maximum atomic E-state index is 13.5. The Balaban J connectivity index is 2.75. The number of alkyl halides is 2. The third kappa shape index (κ3) is 4.45. The van der Waals surface area contributed by atoms with Crippen molar-refractivity contribution < 1.29 is 22.0 Å². The van der Waals surface area contributed by atoms with Gasteiger partial charge in [-0.05, 0) is 31.5 Å². The first-order valence-corrected chi connectivity index (χ1v) is 9.64. The molecule has 2 rings (SSSR count). The molecule has 0 aromatic carbocycles. The zero-order valence-corrected chi connectivity index (χ0v) is 16.6. The number of rotatable bonds is 6. The summed E-state index contributed by atoms with van der Waals surface area (Å²) in [6, 6.07) is 1.22. The van der Waals surface area contributed by atoms with Gasteiger partial charge in [-0.15, -0.1) is 0 Å². The number of hydrogen-bond acceptors (Lipinski definition) is 4. The highest BCUT2D eigenvalue weighted by Crippen LogP contribution is 2.34. The van der Waals surface area contributed by atoms with E-state index >= 15 is 0 Å². The molecule has 27 heavy (non-hydrogen) atoms. The highest BCUT2D eigenvalue weighted by molar-refractivity contribution is 7.89. The number of pyridine rings is 1. The van der Waals surface area contributed by atoms with E-state index in [0.717, 1.165) is 13.1 Å². The Hall–Kier alpha value is -2.04. The number of carbonyl (C=O) groups excluding carboxylic acids is 1. The molecule has 0 aliphatic carbocycles. The fourth-order valence-corrected chi connectivity index (χ4v) is 4.38. The lowest BCUT2D eigenvalue weighted by Gasteiger charge is -2.20. The molecular formula is C16H19ClF2N4O3S. The fraction of sp³-hybridized carbons (Fsp3) is 0.375. The first-order valence-electron chi connectivity index (χ1n) is 7.78. The molecule has 0 saturated heterocycles. The molecule has 7 nitrogen and oxygen atoms in total. The number of carbonyl (C=O) groups is 1. The summed E-state index contributed by atoms with van der Waals surface area (Å²) in [4.78, 5) is 15.6. The third-order valence-corrected chi connectivity index (χ3v) is 5.72. The number of nitrogens with zero attached hydrogens (tertiary/aromatic N) is 2. The van der Waals surface area contributed by atoms with Crippen LogP contribution in [-0.4, -0.2) is 35.8 Å². The standard InChI is InChI=1S/C16H19ClF2N4O3S/c1-8-5-10(6-12(17)21-8)13-11(7-23(4)14(13)15(20)24)27(25,26)22-9(2)16(3,18)19/h5-7,9,22H,1-4H3,(H2,20,24)/t9-/m1/s1. The topological polar surface area (TPSA) is 107 Å². The maximum Gasteiger partial charge on any atom is 0.266 e. The first-order chi connectivity index (χ1) is 12.2. The SMILES string of the molecule is Cc1cc(-c2c(S(=O)(=O)N[C@H](C)C(C)(F)F)cn(C)c2C(N)=O)cc(Cl)n1. The van der Waals surface area contributed by atoms with Gasteiger partial charge in [0.05, 0.1) is 6.04 Å². The van der Waals surface area contributed by atoms with Crippen molar-refractivity contribution in [2.75, 3.05) is 0 Å². The Bertz CT molecular complexity index is 980. The minimum absolute atomic E-state index is 0.0310. The average molecular weight is 421 g/mol. The summed E-state index contributed by atoms with van der Waals surface area (Å²) in [6.45, 7) is 3.28. The molecule has 1 amide bonds. The molecule has 0 bridgehead atoms. The van der Waals surface area contributed by atoms with Crippen molar-refractivity contribution >= 4 is 27.5 Å². The van der Waals surface area contributed by atoms with Crippen LogP contribution in [0.1, 0.15) is 30.0 Å². The van der Waals surface area contributed by atoms with E-state index < -0.39 is 27.9 Å². The van der Waals surface area contributed by atoms with Gasteiger partial charge in [0.2, 0.25) is 10.0 Å². The zero-order valence-electron chi connectivity index (χ0n) is 15.0. The second-order valence-corrected chi connectivity index (χ2v) is 8.38. The number of aromatic nitrogens is 2. The van der Waals surface area contributed by atoms with E-state index in [1.807, 2.05) is 4.72 Å². The van der Waals surface area contributed by atoms with E-state index in [1.54, 1.807) is 6.92 Å². The van der Waals surface area contributed by atoms with Crippen molar-refractivity contribution in [3.8, 4) is 11.1 Å². The van der Waals surface area contributed by atoms with E-state index in [9.17, 15) is 22.0 Å². The normalized spacial score (nSPS) is 13.6. The van der Waals surface area contributed by atoms with Gasteiger partial charge in [-0.2, -0.15) is 0 Å². The van der Waals surface area contributed by atoms with Crippen molar-refractivity contribution in [1.29, 1.82) is 0 Å². The van der Waals surface area contributed by atoms with Crippen molar-refractivity contribution in [3.63, 3.8) is 0 Å². The molecule has 2 aromatic heterocycles. The van der Waals surface area contributed by atoms with Crippen LogP contribution in [-0.2, 0) is 17.1 Å². The Labute approximate surface area is 160 Å². The zero-order chi connectivity index (χ0) is 20.7. The molecule has 2 heterocycles. The van der Waals surface area contributed by atoms with Crippen molar-refractivity contribution in [2.45, 2.75) is 37.6 Å². The number of sulfonamides is 1. The Kier molecular flexibility index (Phi) is 5.65. The average Bonchev–Trinajstić information content (AvgIpc) is 2.83. The van der Waals surface area contributed by atoms with E-state index in [0.29, 0.717) is 12.6 Å². The van der Waals surface area contributed by atoms with E-state index in [4.69, 9.17) is 17.3 Å². The molecule has 0 aliphatic rings. The molecule has 0 unspecified atom stereocenters. The van der Waals surface area contributed by atoms with Crippen LogP contribution in [0.2, 0.25) is 5.15 Å². The Morgan fingerprint density at radius 2 is 2.00 bits per heavy atom. The molecule has 0 spiro atoms. The van der Waals surface area contributed by atoms with E-state index in [2.05, 4.69) is 4.98 Å². The molecule has 148 valence electrons. The summed E-state index contributed by atoms with van der Waals surface area (Å²) in [7, 11) is -2.98. The van der Waals surface area contributed by atoms with Crippen LogP contribution in [0, 0.1) is 6.92 Å². The van der Waals surface area contributed by atoms with Crippen LogP contribution < -0.4 is 10.5 Å². The van der Waals surface area contributed by atoms with Gasteiger partial charge in [-0.25, -0.2) is 26.9 Å². The lowest BCUT2D eigenvalue weighted by atomic mass is 10.1. The van der Waals surface area contributed by atoms with Crippen molar-refractivity contribution in [3.05, 3.63) is 34.9 Å². The number of aryl methyl sites for hydroxylation is 2. The predicted molar refractivity (Wildman–Crippen MR) is 97.3 cm³/mol. The molecule has 0 aliphatic heterocycles. The summed E-state index contributed by atoms with van der Waals surface area (Å²) < 4.78 is 55.7. The Morgan fingerprint density at radius 3 is 2.48 bits per heavy atom. The maximum absolute atomic E-state index is 13.5. The molecular weight excluding hydrogens is 402 g/mol. The number of hydrogen-bond donors (Lipinski definition) is 2. The van der Waals surface area contributed by atoms with Crippen LogP contribution in [0.15, 0.2) is 23.2 Å². The summed E-state index contributed by atoms with van der Waals surface area (Å²) >= 11 is 5.95. The van der Waals surface area contributed by atoms with Gasteiger partial charge in [-0.1, -0.05) is 11.6 Å². The summed E-state index contributed by atoms with van der Waals surface area (Å²) in [5, 5.41) is 0.0778. The number of primary amides is 1. The number of nitrogens with two attached hydrogens (primary N) is 1. The van der Waals surface area contributed by atoms with Crippen molar-refractivity contribution in [1.82, 2.24) is 14.3 Å². The number of nitrogens with one attached hydrogen (secondary N) is 1. The molecule has 0 radical (unpaired) electrons. The highest BCUT2D eigenvalue weighted by Gasteiger charge is 2.36. The largest absolute Gasteiger partial charge is 0.364 e. The van der Waals surface area contributed by atoms with Crippen molar-refractivity contribution in [2.24, 2.45) is 12.8 Å². The summed E-state index contributed by atoms with van der Waals surface area (Å²) in [5.41, 5.74) is 6.03. The van der Waals surface area contributed by atoms with Crippen LogP contribution in [0.25, 0.3) is 11.1 Å². The van der Waals surface area contributed by atoms with Gasteiger partial charge in [0.15, 0.2) is 0 Å². The minimum atomic E-state index is -4.40. The lowest BCUT2D eigenvalue weighted by molar-refractivity contribution is -0.00488. The fourth-order valence-electron chi connectivity index (χ4n) is 2.55. The van der Waals surface area contributed by atoms with Gasteiger partial charge >= 0.3 is 0 Å². The third-order valence-electron chi connectivity index (χ3n) is 3.97. The van der Waals surface area contributed by atoms with Gasteiger partial charge in [0.25, 0.3) is 11.8 Å². The van der Waals surface area contributed by atoms with Gasteiger partial charge < -0.3 is 10.3 Å². The van der Waals surface area contributed by atoms with Gasteiger partial charge in [-0.3, -0.25) is 4.79 Å². The van der Waals surface area contributed by atoms with Crippen LogP contribution >= 0.6 is 11.6 Å². The highest BCUT2D eigenvalue weighted by atomic mass is 35.5. The quantitative estimate of drug-likeness (QED) is 0.700. The molecule has 2 aromatic rings. The molecule has 1 atom stereocenters. The first kappa shape index (κ1) is 21.3. The van der Waals surface area contributed by atoms with Crippen LogP contribution in [0.5, 0.6) is 0 Å². The van der Waals surface area contributed by atoms with Crippen LogP contribution in [0.3, 0.4) is 0 Å². The predicted octanol–water partition coefficient (Wildman–Crippen LogP) is 2.47. The lowest BCUT2D eigenvalue weighted by Crippen LogP contribution is -2.43. The number of amides is 1. The number of halogens is 3. The second kappa shape index (κ2) is 7.17. The monoisotopic (exact) mass is 420 g/mol. The smallest absolute Gasteiger partial charge is 0.266 e. The minimum Gasteiger partial charge on any atom is -0.364 e. The summed E-state index contributed by atoms with van der Waals surface area (Å²) in [6.07, 6.45) is 1.14. The molecule has 0 saturated carbocycles. The molecule has 11 heteroatoms. The Morgan fingerprint density at radius 1 is 1.41 bits per heavy atom. The van der Waals surface area contributed by atoms with E-state index in [-0.39, 0.29) is 26.9 Å². The van der Waals surface area contributed by atoms with Crippen LogP contribution in [0.4, 0.5) is 8.78 Å². The second-order valence-electron chi connectivity index (χ2n) is 6.31. The van der Waals surface area contributed by atoms with Gasteiger partial charge in [0.1, 0.15) is 15.7 Å². The van der Waals surface area contributed by atoms with E-state index in [1.165, 1.54) is 23.7 Å². The molecule has 0 fully saturated rings. The summed E-state index contributed by atoms with van der Waals surface area (Å²) in [5.74, 6) is -4.17.